The van der Waals surface area contributed by atoms with Gasteiger partial charge in [-0.25, -0.2) is 0 Å². The molecule has 0 aromatic heterocycles. The molecule has 0 amide bonds. The zero-order valence-corrected chi connectivity index (χ0v) is 8.61. The van der Waals surface area contributed by atoms with Gasteiger partial charge in [-0.15, -0.1) is 0 Å². The fraction of sp³-hybridized carbons (Fsp3) is 0.889. The monoisotopic (exact) mass is 205 g/mol. The predicted octanol–water partition coefficient (Wildman–Crippen LogP) is -0.774. The first-order chi connectivity index (χ1) is 6.74. The van der Waals surface area contributed by atoms with Crippen molar-refractivity contribution in [1.82, 2.24) is 4.90 Å². The van der Waals surface area contributed by atoms with E-state index in [1.54, 1.807) is 0 Å². The zero-order valence-electron chi connectivity index (χ0n) is 8.61. The second kappa shape index (κ2) is 8.93. The van der Waals surface area contributed by atoms with Crippen LogP contribution >= 0.6 is 0 Å². The summed E-state index contributed by atoms with van der Waals surface area (Å²) in [6.07, 6.45) is 1.07. The standard InChI is InChI=1S/C9H19NO4/c1-14-9(13)3-2-4-10(5-7-11)6-8-12/h11-12H,2-8H2,1H3. The Bertz CT molecular complexity index is 146. The molecule has 0 bridgehead atoms. The topological polar surface area (TPSA) is 70.0 Å². The molecule has 0 unspecified atom stereocenters. The van der Waals surface area contributed by atoms with Gasteiger partial charge in [0.05, 0.1) is 20.3 Å². The number of aliphatic hydroxyl groups is 2. The van der Waals surface area contributed by atoms with Crippen molar-refractivity contribution >= 4 is 5.97 Å². The Balaban J connectivity index is 3.54. The molecule has 5 heteroatoms. The Hall–Kier alpha value is -0.650. The van der Waals surface area contributed by atoms with Gasteiger partial charge >= 0.3 is 5.97 Å². The minimum Gasteiger partial charge on any atom is -0.469 e. The maximum atomic E-state index is 10.8. The second-order valence-corrected chi connectivity index (χ2v) is 2.97. The number of rotatable bonds is 8. The fourth-order valence-corrected chi connectivity index (χ4v) is 1.17. The van der Waals surface area contributed by atoms with Gasteiger partial charge in [0.25, 0.3) is 0 Å². The molecule has 0 aromatic carbocycles. The predicted molar refractivity (Wildman–Crippen MR) is 51.9 cm³/mol. The van der Waals surface area contributed by atoms with E-state index < -0.39 is 0 Å². The van der Waals surface area contributed by atoms with Gasteiger partial charge in [0.1, 0.15) is 0 Å². The van der Waals surface area contributed by atoms with Crippen molar-refractivity contribution in [1.29, 1.82) is 0 Å². The number of aliphatic hydroxyl groups excluding tert-OH is 2. The molecular weight excluding hydrogens is 186 g/mol. The van der Waals surface area contributed by atoms with Gasteiger partial charge in [0.2, 0.25) is 0 Å². The molecule has 0 saturated heterocycles. The zero-order chi connectivity index (χ0) is 10.8. The maximum Gasteiger partial charge on any atom is 0.305 e. The molecule has 84 valence electrons. The smallest absolute Gasteiger partial charge is 0.305 e. The quantitative estimate of drug-likeness (QED) is 0.509. The van der Waals surface area contributed by atoms with Gasteiger partial charge in [-0.3, -0.25) is 9.69 Å². The molecule has 0 aliphatic heterocycles. The summed E-state index contributed by atoms with van der Waals surface area (Å²) in [5.74, 6) is -0.224. The highest BCUT2D eigenvalue weighted by Gasteiger charge is 2.05. The molecule has 0 aliphatic rings. The van der Waals surface area contributed by atoms with E-state index in [1.165, 1.54) is 7.11 Å². The summed E-state index contributed by atoms with van der Waals surface area (Å²) in [7, 11) is 1.36. The first-order valence-electron chi connectivity index (χ1n) is 4.75. The van der Waals surface area contributed by atoms with E-state index in [2.05, 4.69) is 4.74 Å². The van der Waals surface area contributed by atoms with Crippen LogP contribution in [-0.4, -0.2) is 61.0 Å². The van der Waals surface area contributed by atoms with Crippen molar-refractivity contribution in [2.24, 2.45) is 0 Å². The van der Waals surface area contributed by atoms with Gasteiger partial charge < -0.3 is 14.9 Å². The van der Waals surface area contributed by atoms with E-state index in [0.717, 1.165) is 0 Å². The third-order valence-corrected chi connectivity index (χ3v) is 1.92. The molecule has 5 nitrogen and oxygen atoms in total. The number of carbonyl (C=O) groups is 1. The van der Waals surface area contributed by atoms with Crippen molar-refractivity contribution in [2.75, 3.05) is 40.0 Å². The van der Waals surface area contributed by atoms with Crippen molar-refractivity contribution in [3.05, 3.63) is 0 Å². The molecule has 0 spiro atoms. The molecule has 0 fully saturated rings. The Kier molecular flexibility index (Phi) is 8.51. The van der Waals surface area contributed by atoms with Crippen molar-refractivity contribution in [2.45, 2.75) is 12.8 Å². The number of hydrogen-bond acceptors (Lipinski definition) is 5. The number of hydrogen-bond donors (Lipinski definition) is 2. The van der Waals surface area contributed by atoms with E-state index in [4.69, 9.17) is 10.2 Å². The van der Waals surface area contributed by atoms with E-state index in [9.17, 15) is 4.79 Å². The molecule has 0 atom stereocenters. The van der Waals surface area contributed by atoms with Gasteiger partial charge in [-0.2, -0.15) is 0 Å². The molecule has 14 heavy (non-hydrogen) atoms. The SMILES string of the molecule is COC(=O)CCCN(CCO)CCO. The highest BCUT2D eigenvalue weighted by molar-refractivity contribution is 5.69. The van der Waals surface area contributed by atoms with Crippen LogP contribution in [-0.2, 0) is 9.53 Å². The third-order valence-electron chi connectivity index (χ3n) is 1.92. The second-order valence-electron chi connectivity index (χ2n) is 2.97. The molecule has 0 rings (SSSR count). The molecular formula is C9H19NO4. The van der Waals surface area contributed by atoms with Crippen LogP contribution in [0.25, 0.3) is 0 Å². The van der Waals surface area contributed by atoms with Gasteiger partial charge in [-0.05, 0) is 13.0 Å². The van der Waals surface area contributed by atoms with Crippen LogP contribution in [0.2, 0.25) is 0 Å². The van der Waals surface area contributed by atoms with Crippen molar-refractivity contribution in [3.8, 4) is 0 Å². The highest BCUT2D eigenvalue weighted by Crippen LogP contribution is 1.96. The summed E-state index contributed by atoms with van der Waals surface area (Å²) < 4.78 is 4.50. The first-order valence-corrected chi connectivity index (χ1v) is 4.75. The van der Waals surface area contributed by atoms with E-state index in [1.807, 2.05) is 4.90 Å². The number of carbonyl (C=O) groups excluding carboxylic acids is 1. The minimum atomic E-state index is -0.224. The summed E-state index contributed by atoms with van der Waals surface area (Å²) in [5.41, 5.74) is 0. The van der Waals surface area contributed by atoms with E-state index >= 15 is 0 Å². The van der Waals surface area contributed by atoms with Gasteiger partial charge in [-0.1, -0.05) is 0 Å². The van der Waals surface area contributed by atoms with E-state index in [-0.39, 0.29) is 19.2 Å². The van der Waals surface area contributed by atoms with Crippen LogP contribution < -0.4 is 0 Å². The van der Waals surface area contributed by atoms with Gasteiger partial charge in [0.15, 0.2) is 0 Å². The lowest BCUT2D eigenvalue weighted by molar-refractivity contribution is -0.140. The fourth-order valence-electron chi connectivity index (χ4n) is 1.17. The maximum absolute atomic E-state index is 10.8. The highest BCUT2D eigenvalue weighted by atomic mass is 16.5. The Morgan fingerprint density at radius 2 is 1.79 bits per heavy atom. The van der Waals surface area contributed by atoms with E-state index in [0.29, 0.717) is 32.5 Å². The Morgan fingerprint density at radius 3 is 2.21 bits per heavy atom. The Morgan fingerprint density at radius 1 is 1.21 bits per heavy atom. The number of ether oxygens (including phenoxy) is 1. The van der Waals surface area contributed by atoms with Crippen molar-refractivity contribution < 1.29 is 19.7 Å². The summed E-state index contributed by atoms with van der Waals surface area (Å²) in [6, 6.07) is 0. The molecule has 0 radical (unpaired) electrons. The molecule has 0 heterocycles. The average Bonchev–Trinajstić information content (AvgIpc) is 2.18. The third kappa shape index (κ3) is 6.82. The molecule has 0 aliphatic carbocycles. The molecule has 0 aromatic rings. The minimum absolute atomic E-state index is 0.0677. The van der Waals surface area contributed by atoms with Crippen LogP contribution in [0.4, 0.5) is 0 Å². The lowest BCUT2D eigenvalue weighted by Gasteiger charge is -2.19. The van der Waals surface area contributed by atoms with Crippen LogP contribution in [0.1, 0.15) is 12.8 Å². The summed E-state index contributed by atoms with van der Waals surface area (Å²) in [4.78, 5) is 12.7. The first kappa shape index (κ1) is 13.4. The van der Waals surface area contributed by atoms with Crippen molar-refractivity contribution in [3.63, 3.8) is 0 Å². The molecule has 0 saturated carbocycles. The van der Waals surface area contributed by atoms with Crippen LogP contribution in [0.5, 0.6) is 0 Å². The van der Waals surface area contributed by atoms with Crippen LogP contribution in [0.15, 0.2) is 0 Å². The number of nitrogens with zero attached hydrogens (tertiary/aromatic N) is 1. The van der Waals surface area contributed by atoms with Gasteiger partial charge in [0, 0.05) is 19.5 Å². The Labute approximate surface area is 84.3 Å². The molecule has 2 N–H and O–H groups in total. The number of esters is 1. The lowest BCUT2D eigenvalue weighted by atomic mass is 10.3. The normalized spacial score (nSPS) is 10.6. The average molecular weight is 205 g/mol. The lowest BCUT2D eigenvalue weighted by Crippen LogP contribution is -2.31. The summed E-state index contributed by atoms with van der Waals surface area (Å²) in [6.45, 7) is 1.89. The summed E-state index contributed by atoms with van der Waals surface area (Å²) in [5, 5.41) is 17.4. The largest absolute Gasteiger partial charge is 0.469 e. The number of methoxy groups -OCH3 is 1. The summed E-state index contributed by atoms with van der Waals surface area (Å²) >= 11 is 0. The van der Waals surface area contributed by atoms with Crippen LogP contribution in [0, 0.1) is 0 Å². The van der Waals surface area contributed by atoms with Crippen LogP contribution in [0.3, 0.4) is 0 Å².